The van der Waals surface area contributed by atoms with Gasteiger partial charge in [-0.3, -0.25) is 0 Å². The van der Waals surface area contributed by atoms with Crippen molar-refractivity contribution in [2.24, 2.45) is 0 Å². The second-order valence-corrected chi connectivity index (χ2v) is 9.07. The van der Waals surface area contributed by atoms with E-state index in [0.29, 0.717) is 4.90 Å². The standard InChI is InChI=1S/C18H20O2S2/c19-22(20,17-9-5-2-6-10-17)18-13-11-16(12-14-18)21-15-7-3-1-4-8-15/h1,3-4,7-8,11-14,17H,2,5-6,9-10H2. The summed E-state index contributed by atoms with van der Waals surface area (Å²) < 4.78 is 25.3. The van der Waals surface area contributed by atoms with E-state index in [-0.39, 0.29) is 5.25 Å². The predicted octanol–water partition coefficient (Wildman–Crippen LogP) is 4.94. The van der Waals surface area contributed by atoms with Crippen LogP contribution >= 0.6 is 11.8 Å². The van der Waals surface area contributed by atoms with Gasteiger partial charge in [-0.2, -0.15) is 0 Å². The zero-order chi connectivity index (χ0) is 15.4. The largest absolute Gasteiger partial charge is 0.223 e. The summed E-state index contributed by atoms with van der Waals surface area (Å²) in [6.45, 7) is 0. The molecule has 0 atom stereocenters. The molecule has 4 heteroatoms. The Balaban J connectivity index is 1.76. The maximum atomic E-state index is 12.7. The van der Waals surface area contributed by atoms with Crippen LogP contribution in [0.2, 0.25) is 0 Å². The molecular formula is C18H20O2S2. The molecule has 0 radical (unpaired) electrons. The maximum absolute atomic E-state index is 12.7. The predicted molar refractivity (Wildman–Crippen MR) is 91.1 cm³/mol. The van der Waals surface area contributed by atoms with Gasteiger partial charge in [0, 0.05) is 9.79 Å². The summed E-state index contributed by atoms with van der Waals surface area (Å²) in [5.41, 5.74) is 0. The fourth-order valence-electron chi connectivity index (χ4n) is 2.89. The third-order valence-corrected chi connectivity index (χ3v) is 7.42. The highest BCUT2D eigenvalue weighted by molar-refractivity contribution is 7.99. The molecule has 0 saturated heterocycles. The molecule has 1 aliphatic rings. The molecular weight excluding hydrogens is 312 g/mol. The molecule has 1 aliphatic carbocycles. The van der Waals surface area contributed by atoms with Crippen molar-refractivity contribution in [1.29, 1.82) is 0 Å². The van der Waals surface area contributed by atoms with E-state index in [4.69, 9.17) is 0 Å². The number of hydrogen-bond donors (Lipinski definition) is 0. The summed E-state index contributed by atoms with van der Waals surface area (Å²) in [6, 6.07) is 17.4. The van der Waals surface area contributed by atoms with Crippen molar-refractivity contribution in [1.82, 2.24) is 0 Å². The van der Waals surface area contributed by atoms with Crippen molar-refractivity contribution in [3.05, 3.63) is 54.6 Å². The maximum Gasteiger partial charge on any atom is 0.181 e. The van der Waals surface area contributed by atoms with E-state index in [0.717, 1.165) is 35.5 Å². The zero-order valence-corrected chi connectivity index (χ0v) is 14.1. The fourth-order valence-corrected chi connectivity index (χ4v) is 5.58. The van der Waals surface area contributed by atoms with Crippen molar-refractivity contribution < 1.29 is 8.42 Å². The summed E-state index contributed by atoms with van der Waals surface area (Å²) in [5.74, 6) is 0. The van der Waals surface area contributed by atoms with Crippen molar-refractivity contribution in [2.75, 3.05) is 0 Å². The summed E-state index contributed by atoms with van der Waals surface area (Å²) in [6.07, 6.45) is 4.85. The van der Waals surface area contributed by atoms with Crippen LogP contribution in [0.25, 0.3) is 0 Å². The number of rotatable bonds is 4. The molecule has 0 aromatic heterocycles. The van der Waals surface area contributed by atoms with Crippen LogP contribution in [-0.4, -0.2) is 13.7 Å². The molecule has 3 rings (SSSR count). The van der Waals surface area contributed by atoms with Crippen LogP contribution in [0.4, 0.5) is 0 Å². The topological polar surface area (TPSA) is 34.1 Å². The Morgan fingerprint density at radius 1 is 0.773 bits per heavy atom. The van der Waals surface area contributed by atoms with Crippen LogP contribution in [-0.2, 0) is 9.84 Å². The first-order chi connectivity index (χ1) is 10.7. The van der Waals surface area contributed by atoms with Gasteiger partial charge in [0.2, 0.25) is 0 Å². The highest BCUT2D eigenvalue weighted by Gasteiger charge is 2.28. The van der Waals surface area contributed by atoms with Crippen LogP contribution in [0.3, 0.4) is 0 Å². The van der Waals surface area contributed by atoms with Crippen molar-refractivity contribution in [3.8, 4) is 0 Å². The quantitative estimate of drug-likeness (QED) is 0.795. The molecule has 0 unspecified atom stereocenters. The third kappa shape index (κ3) is 3.55. The van der Waals surface area contributed by atoms with Gasteiger partial charge in [0.1, 0.15) is 0 Å². The van der Waals surface area contributed by atoms with E-state index in [1.165, 1.54) is 6.42 Å². The molecule has 2 aromatic rings. The molecule has 0 N–H and O–H groups in total. The van der Waals surface area contributed by atoms with Crippen LogP contribution in [0.1, 0.15) is 32.1 Å². The molecule has 0 aliphatic heterocycles. The average Bonchev–Trinajstić information content (AvgIpc) is 2.57. The zero-order valence-electron chi connectivity index (χ0n) is 12.4. The summed E-state index contributed by atoms with van der Waals surface area (Å²) in [5, 5.41) is -0.186. The molecule has 0 heterocycles. The van der Waals surface area contributed by atoms with E-state index in [2.05, 4.69) is 12.1 Å². The second kappa shape index (κ2) is 6.88. The van der Waals surface area contributed by atoms with Gasteiger partial charge in [-0.25, -0.2) is 8.42 Å². The van der Waals surface area contributed by atoms with Gasteiger partial charge in [0.25, 0.3) is 0 Å². The Hall–Kier alpha value is -1.26. The van der Waals surface area contributed by atoms with E-state index >= 15 is 0 Å². The molecule has 22 heavy (non-hydrogen) atoms. The Bertz CT molecular complexity index is 701. The molecule has 1 fully saturated rings. The first kappa shape index (κ1) is 15.6. The lowest BCUT2D eigenvalue weighted by Crippen LogP contribution is -2.24. The van der Waals surface area contributed by atoms with Crippen molar-refractivity contribution in [2.45, 2.75) is 52.0 Å². The average molecular weight is 332 g/mol. The molecule has 0 amide bonds. The lowest BCUT2D eigenvalue weighted by Gasteiger charge is -2.21. The molecule has 2 nitrogen and oxygen atoms in total. The molecule has 1 saturated carbocycles. The smallest absolute Gasteiger partial charge is 0.181 e. The highest BCUT2D eigenvalue weighted by Crippen LogP contribution is 2.31. The van der Waals surface area contributed by atoms with Crippen molar-refractivity contribution >= 4 is 21.6 Å². The van der Waals surface area contributed by atoms with Gasteiger partial charge >= 0.3 is 0 Å². The van der Waals surface area contributed by atoms with E-state index in [1.807, 2.05) is 30.3 Å². The van der Waals surface area contributed by atoms with Gasteiger partial charge in [-0.15, -0.1) is 0 Å². The van der Waals surface area contributed by atoms with Gasteiger partial charge in [-0.05, 0) is 49.2 Å². The molecule has 2 aromatic carbocycles. The summed E-state index contributed by atoms with van der Waals surface area (Å²) in [4.78, 5) is 2.69. The van der Waals surface area contributed by atoms with Crippen LogP contribution in [0.15, 0.2) is 69.3 Å². The normalized spacial score (nSPS) is 16.5. The van der Waals surface area contributed by atoms with Crippen molar-refractivity contribution in [3.63, 3.8) is 0 Å². The SMILES string of the molecule is O=S(=O)(c1ccc(Sc2ccccc2)cc1)C1CCCCC1. The Morgan fingerprint density at radius 3 is 2.00 bits per heavy atom. The van der Waals surface area contributed by atoms with Gasteiger partial charge < -0.3 is 0 Å². The summed E-state index contributed by atoms with van der Waals surface area (Å²) in [7, 11) is -3.16. The van der Waals surface area contributed by atoms with Gasteiger partial charge in [0.15, 0.2) is 9.84 Å². The van der Waals surface area contributed by atoms with E-state index in [9.17, 15) is 8.42 Å². The number of benzene rings is 2. The number of sulfone groups is 1. The van der Waals surface area contributed by atoms with Crippen LogP contribution < -0.4 is 0 Å². The third-order valence-electron chi connectivity index (χ3n) is 4.12. The molecule has 0 spiro atoms. The first-order valence-corrected chi connectivity index (χ1v) is 10.1. The van der Waals surface area contributed by atoms with Crippen LogP contribution in [0.5, 0.6) is 0 Å². The van der Waals surface area contributed by atoms with Gasteiger partial charge in [0.05, 0.1) is 10.1 Å². The monoisotopic (exact) mass is 332 g/mol. The van der Waals surface area contributed by atoms with Crippen LogP contribution in [0, 0.1) is 0 Å². The number of hydrogen-bond acceptors (Lipinski definition) is 3. The Morgan fingerprint density at radius 2 is 1.36 bits per heavy atom. The Labute approximate surface area is 136 Å². The lowest BCUT2D eigenvalue weighted by atomic mass is 10.0. The van der Waals surface area contributed by atoms with Gasteiger partial charge in [-0.1, -0.05) is 49.2 Å². The minimum absolute atomic E-state index is 0.186. The summed E-state index contributed by atoms with van der Waals surface area (Å²) >= 11 is 1.65. The highest BCUT2D eigenvalue weighted by atomic mass is 32.2. The Kier molecular flexibility index (Phi) is 4.89. The second-order valence-electron chi connectivity index (χ2n) is 5.69. The van der Waals surface area contributed by atoms with E-state index < -0.39 is 9.84 Å². The van der Waals surface area contributed by atoms with E-state index in [1.54, 1.807) is 23.9 Å². The molecule has 116 valence electrons. The lowest BCUT2D eigenvalue weighted by molar-refractivity contribution is 0.483. The molecule has 0 bridgehead atoms. The fraction of sp³-hybridized carbons (Fsp3) is 0.333. The minimum atomic E-state index is -3.16. The minimum Gasteiger partial charge on any atom is -0.223 e. The first-order valence-electron chi connectivity index (χ1n) is 7.73.